The van der Waals surface area contributed by atoms with Gasteiger partial charge < -0.3 is 5.32 Å². The Hall–Kier alpha value is -1.90. The van der Waals surface area contributed by atoms with E-state index < -0.39 is 0 Å². The number of hydrogen-bond acceptors (Lipinski definition) is 3. The van der Waals surface area contributed by atoms with E-state index in [1.165, 1.54) is 11.3 Å². The number of pyridine rings is 2. The van der Waals surface area contributed by atoms with Crippen LogP contribution in [0.4, 0.5) is 5.82 Å². The lowest BCUT2D eigenvalue weighted by Crippen LogP contribution is -2.05. The average molecular weight is 239 g/mol. The van der Waals surface area contributed by atoms with Crippen molar-refractivity contribution >= 4 is 5.82 Å². The van der Waals surface area contributed by atoms with Gasteiger partial charge in [-0.2, -0.15) is 0 Å². The number of anilines is 1. The van der Waals surface area contributed by atoms with Gasteiger partial charge in [-0.3, -0.25) is 4.98 Å². The third-order valence-corrected chi connectivity index (χ3v) is 3.44. The van der Waals surface area contributed by atoms with Crippen LogP contribution in [-0.2, 0) is 6.42 Å². The van der Waals surface area contributed by atoms with Crippen LogP contribution >= 0.6 is 0 Å². The predicted molar refractivity (Wildman–Crippen MR) is 72.8 cm³/mol. The molecule has 18 heavy (non-hydrogen) atoms. The zero-order chi connectivity index (χ0) is 12.4. The van der Waals surface area contributed by atoms with E-state index in [9.17, 15) is 0 Å². The minimum absolute atomic E-state index is 0.361. The van der Waals surface area contributed by atoms with E-state index in [1.807, 2.05) is 18.3 Å². The van der Waals surface area contributed by atoms with Crippen LogP contribution in [0.1, 0.15) is 36.2 Å². The molecule has 3 heteroatoms. The third kappa shape index (κ3) is 1.96. The van der Waals surface area contributed by atoms with Gasteiger partial charge in [-0.05, 0) is 43.5 Å². The molecule has 2 aromatic rings. The van der Waals surface area contributed by atoms with Crippen molar-refractivity contribution in [3.05, 3.63) is 53.5 Å². The van der Waals surface area contributed by atoms with Crippen molar-refractivity contribution < 1.29 is 0 Å². The van der Waals surface area contributed by atoms with Crippen molar-refractivity contribution in [2.75, 3.05) is 11.9 Å². The molecule has 0 bridgehead atoms. The number of hydrogen-bond donors (Lipinski definition) is 1. The molecule has 2 heterocycles. The zero-order valence-electron chi connectivity index (χ0n) is 10.6. The first-order valence-corrected chi connectivity index (χ1v) is 6.53. The second kappa shape index (κ2) is 4.77. The molecular weight excluding hydrogens is 222 g/mol. The second-order valence-corrected chi connectivity index (χ2v) is 4.62. The van der Waals surface area contributed by atoms with Gasteiger partial charge in [0.15, 0.2) is 0 Å². The minimum Gasteiger partial charge on any atom is -0.370 e. The molecule has 1 aliphatic carbocycles. The molecule has 1 unspecified atom stereocenters. The Bertz CT molecular complexity index is 551. The SMILES string of the molecule is CCNc1cccc(C2CCc3cccnc32)n1. The molecule has 1 N–H and O–H groups in total. The lowest BCUT2D eigenvalue weighted by Gasteiger charge is -2.11. The number of nitrogens with one attached hydrogen (secondary N) is 1. The maximum Gasteiger partial charge on any atom is 0.126 e. The predicted octanol–water partition coefficient (Wildman–Crippen LogP) is 2.99. The summed E-state index contributed by atoms with van der Waals surface area (Å²) in [6.07, 6.45) is 4.11. The minimum atomic E-state index is 0.361. The van der Waals surface area contributed by atoms with Crippen LogP contribution < -0.4 is 5.32 Å². The Morgan fingerprint density at radius 1 is 1.28 bits per heavy atom. The molecule has 92 valence electrons. The van der Waals surface area contributed by atoms with Crippen LogP contribution in [0.25, 0.3) is 0 Å². The molecule has 1 aliphatic rings. The lowest BCUT2D eigenvalue weighted by molar-refractivity contribution is 0.747. The summed E-state index contributed by atoms with van der Waals surface area (Å²) >= 11 is 0. The van der Waals surface area contributed by atoms with Gasteiger partial charge in [0, 0.05) is 18.7 Å². The Labute approximate surface area is 107 Å². The summed E-state index contributed by atoms with van der Waals surface area (Å²) in [5.41, 5.74) is 3.71. The van der Waals surface area contributed by atoms with Crippen LogP contribution in [0.3, 0.4) is 0 Å². The molecule has 3 rings (SSSR count). The van der Waals surface area contributed by atoms with Gasteiger partial charge in [0.1, 0.15) is 5.82 Å². The molecule has 0 aliphatic heterocycles. The Morgan fingerprint density at radius 2 is 2.22 bits per heavy atom. The van der Waals surface area contributed by atoms with E-state index in [1.54, 1.807) is 0 Å². The van der Waals surface area contributed by atoms with Crippen LogP contribution in [0, 0.1) is 0 Å². The van der Waals surface area contributed by atoms with Crippen molar-refractivity contribution in [2.45, 2.75) is 25.7 Å². The molecule has 3 nitrogen and oxygen atoms in total. The maximum absolute atomic E-state index is 4.69. The summed E-state index contributed by atoms with van der Waals surface area (Å²) in [4.78, 5) is 9.22. The molecule has 0 amide bonds. The first-order chi connectivity index (χ1) is 8.88. The fraction of sp³-hybridized carbons (Fsp3) is 0.333. The Morgan fingerprint density at radius 3 is 3.11 bits per heavy atom. The van der Waals surface area contributed by atoms with Crippen molar-refractivity contribution in [3.63, 3.8) is 0 Å². The molecule has 1 atom stereocenters. The molecule has 0 saturated heterocycles. The first-order valence-electron chi connectivity index (χ1n) is 6.53. The Balaban J connectivity index is 1.94. The number of aromatic nitrogens is 2. The molecule has 0 saturated carbocycles. The summed E-state index contributed by atoms with van der Waals surface area (Å²) in [6.45, 7) is 2.98. The highest BCUT2D eigenvalue weighted by molar-refractivity contribution is 5.40. The van der Waals surface area contributed by atoms with E-state index in [4.69, 9.17) is 4.98 Å². The highest BCUT2D eigenvalue weighted by Gasteiger charge is 2.26. The van der Waals surface area contributed by atoms with Crippen molar-refractivity contribution in [3.8, 4) is 0 Å². The van der Waals surface area contributed by atoms with Gasteiger partial charge in [0.2, 0.25) is 0 Å². The fourth-order valence-corrected chi connectivity index (χ4v) is 2.63. The van der Waals surface area contributed by atoms with Gasteiger partial charge in [0.05, 0.1) is 11.4 Å². The first kappa shape index (κ1) is 11.2. The van der Waals surface area contributed by atoms with Gasteiger partial charge in [-0.15, -0.1) is 0 Å². The summed E-state index contributed by atoms with van der Waals surface area (Å²) in [5, 5.41) is 3.26. The van der Waals surface area contributed by atoms with Crippen LogP contribution in [0.15, 0.2) is 36.5 Å². The summed E-state index contributed by atoms with van der Waals surface area (Å²) in [5.74, 6) is 1.32. The number of fused-ring (bicyclic) bond motifs is 1. The largest absolute Gasteiger partial charge is 0.370 e. The number of rotatable bonds is 3. The van der Waals surface area contributed by atoms with E-state index in [0.717, 1.165) is 30.9 Å². The normalized spacial score (nSPS) is 17.5. The maximum atomic E-state index is 4.69. The molecular formula is C15H17N3. The summed E-state index contributed by atoms with van der Waals surface area (Å²) in [6, 6.07) is 10.4. The molecule has 0 aromatic carbocycles. The second-order valence-electron chi connectivity index (χ2n) is 4.62. The van der Waals surface area contributed by atoms with Crippen LogP contribution in [-0.4, -0.2) is 16.5 Å². The van der Waals surface area contributed by atoms with Gasteiger partial charge in [0.25, 0.3) is 0 Å². The van der Waals surface area contributed by atoms with Gasteiger partial charge >= 0.3 is 0 Å². The van der Waals surface area contributed by atoms with E-state index in [0.29, 0.717) is 5.92 Å². The van der Waals surface area contributed by atoms with Crippen molar-refractivity contribution in [2.24, 2.45) is 0 Å². The van der Waals surface area contributed by atoms with Gasteiger partial charge in [-0.1, -0.05) is 12.1 Å². The highest BCUT2D eigenvalue weighted by Crippen LogP contribution is 2.35. The summed E-state index contributed by atoms with van der Waals surface area (Å²) in [7, 11) is 0. The standard InChI is InChI=1S/C15H17N3/c1-2-16-14-7-3-6-13(18-14)12-9-8-11-5-4-10-17-15(11)12/h3-7,10,12H,2,8-9H2,1H3,(H,16,18). The topological polar surface area (TPSA) is 37.8 Å². The van der Waals surface area contributed by atoms with Crippen molar-refractivity contribution in [1.82, 2.24) is 9.97 Å². The summed E-state index contributed by atoms with van der Waals surface area (Å²) < 4.78 is 0. The molecule has 2 aromatic heterocycles. The van der Waals surface area contributed by atoms with Crippen LogP contribution in [0.5, 0.6) is 0 Å². The number of nitrogens with zero attached hydrogens (tertiary/aromatic N) is 2. The lowest BCUT2D eigenvalue weighted by atomic mass is 10.0. The van der Waals surface area contributed by atoms with E-state index >= 15 is 0 Å². The monoisotopic (exact) mass is 239 g/mol. The van der Waals surface area contributed by atoms with Crippen molar-refractivity contribution in [1.29, 1.82) is 0 Å². The quantitative estimate of drug-likeness (QED) is 0.894. The smallest absolute Gasteiger partial charge is 0.126 e. The van der Waals surface area contributed by atoms with E-state index in [2.05, 4.69) is 35.4 Å². The van der Waals surface area contributed by atoms with Crippen LogP contribution in [0.2, 0.25) is 0 Å². The highest BCUT2D eigenvalue weighted by atomic mass is 15.0. The molecule has 0 radical (unpaired) electrons. The number of aryl methyl sites for hydroxylation is 1. The third-order valence-electron chi connectivity index (χ3n) is 3.44. The average Bonchev–Trinajstić information content (AvgIpc) is 2.83. The Kier molecular flexibility index (Phi) is 2.97. The molecule has 0 spiro atoms. The van der Waals surface area contributed by atoms with E-state index in [-0.39, 0.29) is 0 Å². The zero-order valence-corrected chi connectivity index (χ0v) is 10.6. The van der Waals surface area contributed by atoms with Gasteiger partial charge in [-0.25, -0.2) is 4.98 Å². The molecule has 0 fully saturated rings. The fourth-order valence-electron chi connectivity index (χ4n) is 2.63.